The Morgan fingerprint density at radius 2 is 2.33 bits per heavy atom. The highest BCUT2D eigenvalue weighted by molar-refractivity contribution is 9.09. The molecule has 0 aromatic carbocycles. The molecule has 1 rings (SSSR count). The highest BCUT2D eigenvalue weighted by atomic mass is 79.9. The van der Waals surface area contributed by atoms with Crippen LogP contribution >= 0.6 is 15.9 Å². The second kappa shape index (κ2) is 5.30. The van der Waals surface area contributed by atoms with E-state index in [-0.39, 0.29) is 5.91 Å². The molecule has 1 aromatic heterocycles. The number of carbonyl (C=O) groups is 1. The topological polar surface area (TPSA) is 38.1 Å². The first kappa shape index (κ1) is 12.2. The van der Waals surface area contributed by atoms with Gasteiger partial charge in [0, 0.05) is 32.2 Å². The zero-order valence-electron chi connectivity index (χ0n) is 9.33. The van der Waals surface area contributed by atoms with Crippen LogP contribution in [-0.4, -0.2) is 39.5 Å². The lowest BCUT2D eigenvalue weighted by Crippen LogP contribution is -2.28. The molecule has 4 nitrogen and oxygen atoms in total. The van der Waals surface area contributed by atoms with Crippen molar-refractivity contribution < 1.29 is 4.79 Å². The molecule has 15 heavy (non-hydrogen) atoms. The van der Waals surface area contributed by atoms with Crippen molar-refractivity contribution in [3.63, 3.8) is 0 Å². The summed E-state index contributed by atoms with van der Waals surface area (Å²) < 4.78 is 1.69. The van der Waals surface area contributed by atoms with Crippen molar-refractivity contribution in [3.05, 3.63) is 17.5 Å². The monoisotopic (exact) mass is 273 g/mol. The van der Waals surface area contributed by atoms with E-state index in [2.05, 4.69) is 21.0 Å². The highest BCUT2D eigenvalue weighted by Crippen LogP contribution is 2.10. The van der Waals surface area contributed by atoms with Crippen LogP contribution in [0.5, 0.6) is 0 Å². The molecule has 1 amide bonds. The van der Waals surface area contributed by atoms with Crippen molar-refractivity contribution in [2.45, 2.75) is 13.3 Å². The number of hydrogen-bond acceptors (Lipinski definition) is 2. The summed E-state index contributed by atoms with van der Waals surface area (Å²) in [5.74, 6) is 0.0411. The van der Waals surface area contributed by atoms with Gasteiger partial charge in [0.25, 0.3) is 5.91 Å². The van der Waals surface area contributed by atoms with Gasteiger partial charge in [0.15, 0.2) is 0 Å². The molecule has 84 valence electrons. The lowest BCUT2D eigenvalue weighted by molar-refractivity contribution is 0.0803. The van der Waals surface area contributed by atoms with E-state index >= 15 is 0 Å². The molecule has 0 unspecified atom stereocenters. The maximum atomic E-state index is 12.0. The minimum atomic E-state index is 0.0411. The van der Waals surface area contributed by atoms with Crippen LogP contribution in [-0.2, 0) is 13.5 Å². The lowest BCUT2D eigenvalue weighted by atomic mass is 10.2. The molecule has 0 aliphatic rings. The number of amides is 1. The van der Waals surface area contributed by atoms with Gasteiger partial charge in [0.1, 0.15) is 0 Å². The Labute approximate surface area is 98.4 Å². The number of hydrogen-bond donors (Lipinski definition) is 0. The van der Waals surface area contributed by atoms with Gasteiger partial charge in [-0.25, -0.2) is 0 Å². The molecule has 0 saturated heterocycles. The van der Waals surface area contributed by atoms with Crippen molar-refractivity contribution in [1.29, 1.82) is 0 Å². The highest BCUT2D eigenvalue weighted by Gasteiger charge is 2.17. The molecule has 0 aliphatic carbocycles. The van der Waals surface area contributed by atoms with E-state index in [1.54, 1.807) is 22.8 Å². The molecule has 0 saturated carbocycles. The zero-order valence-corrected chi connectivity index (χ0v) is 10.9. The number of aryl methyl sites for hydroxylation is 2. The molecule has 0 N–H and O–H groups in total. The molecule has 0 radical (unpaired) electrons. The molecule has 0 aliphatic heterocycles. The van der Waals surface area contributed by atoms with E-state index in [1.807, 2.05) is 14.0 Å². The third-order valence-electron chi connectivity index (χ3n) is 2.24. The number of carbonyl (C=O) groups excluding carboxylic acids is 1. The van der Waals surface area contributed by atoms with Gasteiger partial charge in [-0.15, -0.1) is 0 Å². The van der Waals surface area contributed by atoms with Crippen molar-refractivity contribution in [2.75, 3.05) is 18.9 Å². The number of nitrogens with zero attached hydrogens (tertiary/aromatic N) is 3. The summed E-state index contributed by atoms with van der Waals surface area (Å²) in [5, 5.41) is 5.04. The second-order valence-corrected chi connectivity index (χ2v) is 4.23. The van der Waals surface area contributed by atoms with Crippen LogP contribution in [0.2, 0.25) is 0 Å². The molecule has 0 atom stereocenters. The number of aromatic nitrogens is 2. The maximum absolute atomic E-state index is 12.0. The third kappa shape index (κ3) is 2.81. The van der Waals surface area contributed by atoms with Gasteiger partial charge < -0.3 is 4.90 Å². The summed E-state index contributed by atoms with van der Waals surface area (Å²) >= 11 is 3.32. The van der Waals surface area contributed by atoms with Gasteiger partial charge in [-0.3, -0.25) is 9.48 Å². The number of alkyl halides is 1. The first-order valence-corrected chi connectivity index (χ1v) is 6.06. The summed E-state index contributed by atoms with van der Waals surface area (Å²) in [6.45, 7) is 2.71. The molecular formula is C10H16BrN3O. The van der Waals surface area contributed by atoms with Crippen LogP contribution in [0.1, 0.15) is 23.0 Å². The zero-order chi connectivity index (χ0) is 11.4. The standard InChI is InChI=1S/C10H16BrN3O/c1-4-9-8(7-14(3)12-9)10(15)13(2)6-5-11/h7H,4-6H2,1-3H3. The van der Waals surface area contributed by atoms with Crippen LogP contribution in [0, 0.1) is 0 Å². The Hall–Kier alpha value is -0.840. The largest absolute Gasteiger partial charge is 0.341 e. The summed E-state index contributed by atoms with van der Waals surface area (Å²) in [4.78, 5) is 13.7. The smallest absolute Gasteiger partial charge is 0.257 e. The van der Waals surface area contributed by atoms with E-state index in [1.165, 1.54) is 0 Å². The van der Waals surface area contributed by atoms with Gasteiger partial charge in [-0.2, -0.15) is 5.10 Å². The fraction of sp³-hybridized carbons (Fsp3) is 0.600. The average molecular weight is 274 g/mol. The van der Waals surface area contributed by atoms with Crippen LogP contribution in [0.4, 0.5) is 0 Å². The average Bonchev–Trinajstić information content (AvgIpc) is 2.58. The normalized spacial score (nSPS) is 10.4. The van der Waals surface area contributed by atoms with E-state index in [4.69, 9.17) is 0 Å². The van der Waals surface area contributed by atoms with Crippen LogP contribution in [0.15, 0.2) is 6.20 Å². The second-order valence-electron chi connectivity index (χ2n) is 3.43. The number of rotatable bonds is 4. The van der Waals surface area contributed by atoms with Crippen molar-refractivity contribution in [3.8, 4) is 0 Å². The van der Waals surface area contributed by atoms with Gasteiger partial charge in [0.2, 0.25) is 0 Å². The van der Waals surface area contributed by atoms with E-state index in [0.29, 0.717) is 12.1 Å². The Morgan fingerprint density at radius 1 is 1.67 bits per heavy atom. The molecular weight excluding hydrogens is 258 g/mol. The van der Waals surface area contributed by atoms with Crippen molar-refractivity contribution in [2.24, 2.45) is 7.05 Å². The minimum absolute atomic E-state index is 0.0411. The summed E-state index contributed by atoms with van der Waals surface area (Å²) in [5.41, 5.74) is 1.58. The Bertz CT molecular complexity index is 348. The Balaban J connectivity index is 2.89. The van der Waals surface area contributed by atoms with Crippen molar-refractivity contribution in [1.82, 2.24) is 14.7 Å². The summed E-state index contributed by atoms with van der Waals surface area (Å²) in [6, 6.07) is 0. The molecule has 0 bridgehead atoms. The summed E-state index contributed by atoms with van der Waals surface area (Å²) in [7, 11) is 3.64. The van der Waals surface area contributed by atoms with Crippen molar-refractivity contribution >= 4 is 21.8 Å². The minimum Gasteiger partial charge on any atom is -0.341 e. The van der Waals surface area contributed by atoms with Crippen LogP contribution in [0.25, 0.3) is 0 Å². The molecule has 1 aromatic rings. The predicted molar refractivity (Wildman–Crippen MR) is 63.3 cm³/mol. The van der Waals surface area contributed by atoms with Gasteiger partial charge >= 0.3 is 0 Å². The lowest BCUT2D eigenvalue weighted by Gasteiger charge is -2.14. The van der Waals surface area contributed by atoms with Crippen LogP contribution < -0.4 is 0 Å². The molecule has 0 fully saturated rings. The fourth-order valence-corrected chi connectivity index (χ4v) is 1.94. The van der Waals surface area contributed by atoms with Gasteiger partial charge in [-0.05, 0) is 6.42 Å². The first-order valence-electron chi connectivity index (χ1n) is 4.94. The fourth-order valence-electron chi connectivity index (χ4n) is 1.41. The summed E-state index contributed by atoms with van der Waals surface area (Å²) in [6.07, 6.45) is 2.57. The Morgan fingerprint density at radius 3 is 2.87 bits per heavy atom. The third-order valence-corrected chi connectivity index (χ3v) is 2.59. The molecule has 0 spiro atoms. The predicted octanol–water partition coefficient (Wildman–Crippen LogP) is 1.45. The SMILES string of the molecule is CCc1nn(C)cc1C(=O)N(C)CCBr. The Kier molecular flexibility index (Phi) is 4.32. The number of halogens is 1. The van der Waals surface area contributed by atoms with E-state index < -0.39 is 0 Å². The first-order chi connectivity index (χ1) is 7.10. The van der Waals surface area contributed by atoms with Gasteiger partial charge in [0.05, 0.1) is 11.3 Å². The molecule has 1 heterocycles. The molecule has 5 heteroatoms. The van der Waals surface area contributed by atoms with E-state index in [0.717, 1.165) is 17.4 Å². The van der Waals surface area contributed by atoms with Crippen LogP contribution in [0.3, 0.4) is 0 Å². The van der Waals surface area contributed by atoms with E-state index in [9.17, 15) is 4.79 Å². The maximum Gasteiger partial charge on any atom is 0.257 e. The van der Waals surface area contributed by atoms with Gasteiger partial charge in [-0.1, -0.05) is 22.9 Å². The quantitative estimate of drug-likeness (QED) is 0.779.